The zero-order valence-electron chi connectivity index (χ0n) is 9.21. The van der Waals surface area contributed by atoms with Gasteiger partial charge in [-0.2, -0.15) is 0 Å². The number of carbonyl (C=O) groups excluding carboxylic acids is 1. The molecule has 3 nitrogen and oxygen atoms in total. The topological polar surface area (TPSA) is 38.3 Å². The molecule has 82 valence electrons. The molecule has 0 bridgehead atoms. The molecule has 0 spiro atoms. The second-order valence-electron chi connectivity index (χ2n) is 4.01. The summed E-state index contributed by atoms with van der Waals surface area (Å²) < 4.78 is 4.78. The van der Waals surface area contributed by atoms with Crippen molar-refractivity contribution < 1.29 is 9.53 Å². The Balaban J connectivity index is 2.30. The highest BCUT2D eigenvalue weighted by atomic mass is 16.5. The molecular formula is C11H21NO2. The quantitative estimate of drug-likeness (QED) is 0.664. The van der Waals surface area contributed by atoms with Crippen LogP contribution >= 0.6 is 0 Å². The van der Waals surface area contributed by atoms with E-state index in [0.717, 1.165) is 19.3 Å². The van der Waals surface area contributed by atoms with Gasteiger partial charge in [0.25, 0.3) is 0 Å². The molecular weight excluding hydrogens is 178 g/mol. The van der Waals surface area contributed by atoms with E-state index in [9.17, 15) is 4.79 Å². The zero-order valence-corrected chi connectivity index (χ0v) is 9.21. The number of methoxy groups -OCH3 is 1. The number of esters is 1. The van der Waals surface area contributed by atoms with E-state index in [1.165, 1.54) is 26.4 Å². The van der Waals surface area contributed by atoms with E-state index in [0.29, 0.717) is 6.04 Å². The van der Waals surface area contributed by atoms with Crippen molar-refractivity contribution in [2.24, 2.45) is 0 Å². The molecule has 1 atom stereocenters. The van der Waals surface area contributed by atoms with Gasteiger partial charge in [0.2, 0.25) is 0 Å². The maximum atomic E-state index is 11.4. The molecule has 0 aromatic heterocycles. The molecule has 0 saturated heterocycles. The first kappa shape index (κ1) is 11.5. The highest BCUT2D eigenvalue weighted by Gasteiger charge is 2.25. The summed E-state index contributed by atoms with van der Waals surface area (Å²) in [6.07, 6.45) is 6.82. The van der Waals surface area contributed by atoms with Gasteiger partial charge in [-0.05, 0) is 19.3 Å². The molecule has 0 aromatic carbocycles. The lowest BCUT2D eigenvalue weighted by Gasteiger charge is -2.30. The lowest BCUT2D eigenvalue weighted by Crippen LogP contribution is -2.46. The van der Waals surface area contributed by atoms with Crippen molar-refractivity contribution in [1.29, 1.82) is 0 Å². The maximum absolute atomic E-state index is 11.4. The van der Waals surface area contributed by atoms with Crippen molar-refractivity contribution in [2.45, 2.75) is 57.5 Å². The smallest absolute Gasteiger partial charge is 0.322 e. The average molecular weight is 199 g/mol. The first-order chi connectivity index (χ1) is 6.77. The van der Waals surface area contributed by atoms with Gasteiger partial charge in [-0.1, -0.05) is 26.2 Å². The minimum Gasteiger partial charge on any atom is -0.468 e. The van der Waals surface area contributed by atoms with Crippen LogP contribution in [0.3, 0.4) is 0 Å². The predicted octanol–water partition coefficient (Wildman–Crippen LogP) is 1.86. The van der Waals surface area contributed by atoms with E-state index in [-0.39, 0.29) is 12.0 Å². The van der Waals surface area contributed by atoms with Crippen LogP contribution in [0.4, 0.5) is 0 Å². The summed E-state index contributed by atoms with van der Waals surface area (Å²) in [4.78, 5) is 11.4. The average Bonchev–Trinajstić information content (AvgIpc) is 2.14. The first-order valence-electron chi connectivity index (χ1n) is 5.61. The number of carbonyl (C=O) groups is 1. The van der Waals surface area contributed by atoms with Crippen LogP contribution in [-0.4, -0.2) is 25.2 Å². The predicted molar refractivity (Wildman–Crippen MR) is 56.1 cm³/mol. The highest BCUT2D eigenvalue weighted by Crippen LogP contribution is 2.19. The summed E-state index contributed by atoms with van der Waals surface area (Å²) in [5.41, 5.74) is 0. The van der Waals surface area contributed by atoms with Crippen LogP contribution in [0, 0.1) is 0 Å². The first-order valence-corrected chi connectivity index (χ1v) is 5.61. The van der Waals surface area contributed by atoms with Gasteiger partial charge in [0.1, 0.15) is 6.04 Å². The molecule has 0 radical (unpaired) electrons. The number of hydrogen-bond acceptors (Lipinski definition) is 3. The number of hydrogen-bond donors (Lipinski definition) is 1. The monoisotopic (exact) mass is 199 g/mol. The van der Waals surface area contributed by atoms with Crippen LogP contribution in [0.1, 0.15) is 45.4 Å². The van der Waals surface area contributed by atoms with Crippen molar-refractivity contribution in [1.82, 2.24) is 5.32 Å². The molecule has 3 heteroatoms. The van der Waals surface area contributed by atoms with Crippen LogP contribution < -0.4 is 5.32 Å². The summed E-state index contributed by atoms with van der Waals surface area (Å²) in [5.74, 6) is -0.106. The largest absolute Gasteiger partial charge is 0.468 e. The lowest BCUT2D eigenvalue weighted by molar-refractivity contribution is -0.143. The van der Waals surface area contributed by atoms with Gasteiger partial charge in [-0.3, -0.25) is 4.79 Å². The minimum atomic E-state index is -0.106. The van der Waals surface area contributed by atoms with E-state index in [2.05, 4.69) is 12.2 Å². The number of nitrogens with one attached hydrogen (secondary N) is 1. The van der Waals surface area contributed by atoms with E-state index in [1.54, 1.807) is 0 Å². The molecule has 1 saturated carbocycles. The molecule has 1 rings (SSSR count). The molecule has 1 aliphatic carbocycles. The van der Waals surface area contributed by atoms with Crippen LogP contribution in [0.25, 0.3) is 0 Å². The highest BCUT2D eigenvalue weighted by molar-refractivity contribution is 5.75. The summed E-state index contributed by atoms with van der Waals surface area (Å²) in [6.45, 7) is 2.14. The second kappa shape index (κ2) is 6.02. The van der Waals surface area contributed by atoms with Crippen molar-refractivity contribution in [2.75, 3.05) is 7.11 Å². The molecule has 14 heavy (non-hydrogen) atoms. The van der Waals surface area contributed by atoms with Crippen LogP contribution in [-0.2, 0) is 9.53 Å². The van der Waals surface area contributed by atoms with E-state index in [4.69, 9.17) is 4.74 Å². The molecule has 1 unspecified atom stereocenters. The SMILES string of the molecule is CCCCC(NC1CCC1)C(=O)OC. The van der Waals surface area contributed by atoms with Gasteiger partial charge in [0, 0.05) is 6.04 Å². The Morgan fingerprint density at radius 2 is 2.29 bits per heavy atom. The van der Waals surface area contributed by atoms with Gasteiger partial charge in [-0.15, -0.1) is 0 Å². The molecule has 1 fully saturated rings. The van der Waals surface area contributed by atoms with Crippen molar-refractivity contribution >= 4 is 5.97 Å². The van der Waals surface area contributed by atoms with Crippen LogP contribution in [0.2, 0.25) is 0 Å². The second-order valence-corrected chi connectivity index (χ2v) is 4.01. The summed E-state index contributed by atoms with van der Waals surface area (Å²) in [7, 11) is 1.46. The Morgan fingerprint density at radius 3 is 2.71 bits per heavy atom. The van der Waals surface area contributed by atoms with Crippen molar-refractivity contribution in [3.63, 3.8) is 0 Å². The summed E-state index contributed by atoms with van der Waals surface area (Å²) in [5, 5.41) is 3.36. The Morgan fingerprint density at radius 1 is 1.57 bits per heavy atom. The molecule has 0 heterocycles. The molecule has 0 aliphatic heterocycles. The van der Waals surface area contributed by atoms with E-state index in [1.807, 2.05) is 0 Å². The normalized spacial score (nSPS) is 18.7. The van der Waals surface area contributed by atoms with E-state index >= 15 is 0 Å². The molecule has 1 aliphatic rings. The van der Waals surface area contributed by atoms with Gasteiger partial charge in [-0.25, -0.2) is 0 Å². The number of rotatable bonds is 6. The van der Waals surface area contributed by atoms with Crippen molar-refractivity contribution in [3.05, 3.63) is 0 Å². The van der Waals surface area contributed by atoms with Gasteiger partial charge in [0.05, 0.1) is 7.11 Å². The fraction of sp³-hybridized carbons (Fsp3) is 0.909. The molecule has 1 N–H and O–H groups in total. The van der Waals surface area contributed by atoms with Crippen LogP contribution in [0.15, 0.2) is 0 Å². The third kappa shape index (κ3) is 3.29. The Kier molecular flexibility index (Phi) is 4.94. The lowest BCUT2D eigenvalue weighted by atomic mass is 9.92. The molecule has 0 amide bonds. The zero-order chi connectivity index (χ0) is 10.4. The summed E-state index contributed by atoms with van der Waals surface area (Å²) >= 11 is 0. The minimum absolute atomic E-state index is 0.0785. The van der Waals surface area contributed by atoms with Crippen LogP contribution in [0.5, 0.6) is 0 Å². The maximum Gasteiger partial charge on any atom is 0.322 e. The standard InChI is InChI=1S/C11H21NO2/c1-3-4-8-10(11(13)14-2)12-9-6-5-7-9/h9-10,12H,3-8H2,1-2H3. The Hall–Kier alpha value is -0.570. The fourth-order valence-corrected chi connectivity index (χ4v) is 1.68. The van der Waals surface area contributed by atoms with Crippen molar-refractivity contribution in [3.8, 4) is 0 Å². The van der Waals surface area contributed by atoms with Gasteiger partial charge in [0.15, 0.2) is 0 Å². The summed E-state index contributed by atoms with van der Waals surface area (Å²) in [6, 6.07) is 0.473. The van der Waals surface area contributed by atoms with E-state index < -0.39 is 0 Å². The van der Waals surface area contributed by atoms with Gasteiger partial charge >= 0.3 is 5.97 Å². The number of unbranched alkanes of at least 4 members (excludes halogenated alkanes) is 1. The fourth-order valence-electron chi connectivity index (χ4n) is 1.68. The number of ether oxygens (including phenoxy) is 1. The Bertz CT molecular complexity index is 178. The molecule has 0 aromatic rings. The third-order valence-corrected chi connectivity index (χ3v) is 2.87. The third-order valence-electron chi connectivity index (χ3n) is 2.87. The Labute approximate surface area is 86.2 Å². The van der Waals surface area contributed by atoms with Gasteiger partial charge < -0.3 is 10.1 Å².